The Bertz CT molecular complexity index is 998. The van der Waals surface area contributed by atoms with Gasteiger partial charge < -0.3 is 20.1 Å². The zero-order chi connectivity index (χ0) is 19.9. The molecule has 146 valence electrons. The number of nitrogens with one attached hydrogen (secondary N) is 2. The number of para-hydroxylation sites is 1. The van der Waals surface area contributed by atoms with Gasteiger partial charge in [-0.15, -0.1) is 0 Å². The van der Waals surface area contributed by atoms with Gasteiger partial charge in [-0.05, 0) is 31.5 Å². The molecule has 0 aliphatic heterocycles. The van der Waals surface area contributed by atoms with E-state index in [1.54, 1.807) is 19.3 Å². The number of rotatable bonds is 7. The Morgan fingerprint density at radius 2 is 1.71 bits per heavy atom. The fourth-order valence-electron chi connectivity index (χ4n) is 3.26. The van der Waals surface area contributed by atoms with Crippen LogP contribution in [0.4, 0.5) is 16.2 Å². The van der Waals surface area contributed by atoms with E-state index in [-0.39, 0.29) is 11.6 Å². The van der Waals surface area contributed by atoms with Gasteiger partial charge in [-0.2, -0.15) is 0 Å². The Balaban J connectivity index is 1.56. The third-order valence-corrected chi connectivity index (χ3v) is 4.73. The molecule has 6 heteroatoms. The van der Waals surface area contributed by atoms with Crippen LogP contribution in [0, 0.1) is 0 Å². The Hall–Kier alpha value is -3.28. The third-order valence-electron chi connectivity index (χ3n) is 4.73. The first-order chi connectivity index (χ1) is 13.6. The van der Waals surface area contributed by atoms with Gasteiger partial charge in [0.25, 0.3) is 5.56 Å². The molecule has 1 aromatic heterocycles. The van der Waals surface area contributed by atoms with Crippen LogP contribution in [0.5, 0.6) is 0 Å². The number of urea groups is 1. The largest absolute Gasteiger partial charge is 0.372 e. The summed E-state index contributed by atoms with van der Waals surface area (Å²) in [6, 6.07) is 17.3. The standard InChI is InChI=1S/C22H26N4O2/c1-3-26(17-10-5-4-6-11-17)15-9-14-23-22(28)24-20-16-25(2)21(27)19-13-8-7-12-18(19)20/h4-8,10-13,16H,3,9,14-15H2,1-2H3,(H2,23,24,28). The molecule has 28 heavy (non-hydrogen) atoms. The lowest BCUT2D eigenvalue weighted by Crippen LogP contribution is -2.33. The van der Waals surface area contributed by atoms with E-state index in [1.807, 2.05) is 36.4 Å². The molecule has 2 aromatic carbocycles. The highest BCUT2D eigenvalue weighted by Crippen LogP contribution is 2.19. The molecular weight excluding hydrogens is 352 g/mol. The second-order valence-electron chi connectivity index (χ2n) is 6.65. The molecule has 0 atom stereocenters. The second kappa shape index (κ2) is 9.08. The van der Waals surface area contributed by atoms with Crippen molar-refractivity contribution >= 4 is 28.2 Å². The number of aryl methyl sites for hydroxylation is 1. The lowest BCUT2D eigenvalue weighted by molar-refractivity contribution is 0.252. The molecule has 0 aliphatic carbocycles. The molecule has 1 heterocycles. The van der Waals surface area contributed by atoms with E-state index in [4.69, 9.17) is 0 Å². The maximum atomic E-state index is 12.3. The van der Waals surface area contributed by atoms with E-state index in [9.17, 15) is 9.59 Å². The first-order valence-electron chi connectivity index (χ1n) is 9.53. The molecule has 0 spiro atoms. The monoisotopic (exact) mass is 378 g/mol. The number of benzene rings is 2. The fourth-order valence-corrected chi connectivity index (χ4v) is 3.26. The predicted octanol–water partition coefficient (Wildman–Crippen LogP) is 3.58. The van der Waals surface area contributed by atoms with Crippen LogP contribution in [0.15, 0.2) is 65.6 Å². The van der Waals surface area contributed by atoms with Crippen LogP contribution < -0.4 is 21.1 Å². The van der Waals surface area contributed by atoms with Gasteiger partial charge in [0.05, 0.1) is 5.69 Å². The van der Waals surface area contributed by atoms with Crippen LogP contribution in [-0.4, -0.2) is 30.2 Å². The number of aromatic nitrogens is 1. The summed E-state index contributed by atoms with van der Waals surface area (Å²) in [6.07, 6.45) is 2.49. The van der Waals surface area contributed by atoms with Crippen LogP contribution >= 0.6 is 0 Å². The Morgan fingerprint density at radius 3 is 2.43 bits per heavy atom. The summed E-state index contributed by atoms with van der Waals surface area (Å²) >= 11 is 0. The molecule has 0 unspecified atom stereocenters. The number of carbonyl (C=O) groups is 1. The first-order valence-corrected chi connectivity index (χ1v) is 9.53. The Labute approximate surface area is 164 Å². The second-order valence-corrected chi connectivity index (χ2v) is 6.65. The van der Waals surface area contributed by atoms with Gasteiger partial charge in [-0.25, -0.2) is 4.79 Å². The summed E-state index contributed by atoms with van der Waals surface area (Å²) in [7, 11) is 1.68. The quantitative estimate of drug-likeness (QED) is 0.618. The molecule has 2 amide bonds. The van der Waals surface area contributed by atoms with Crippen molar-refractivity contribution in [2.45, 2.75) is 13.3 Å². The summed E-state index contributed by atoms with van der Waals surface area (Å²) in [5, 5.41) is 7.09. The Morgan fingerprint density at radius 1 is 1.04 bits per heavy atom. The average Bonchev–Trinajstić information content (AvgIpc) is 2.72. The van der Waals surface area contributed by atoms with Gasteiger partial charge in [0.2, 0.25) is 0 Å². The van der Waals surface area contributed by atoms with Crippen LogP contribution in [0.2, 0.25) is 0 Å². The molecule has 3 aromatic rings. The number of hydrogen-bond acceptors (Lipinski definition) is 3. The summed E-state index contributed by atoms with van der Waals surface area (Å²) in [6.45, 7) is 4.47. The molecular formula is C22H26N4O2. The predicted molar refractivity (Wildman–Crippen MR) is 115 cm³/mol. The summed E-state index contributed by atoms with van der Waals surface area (Å²) in [5.41, 5.74) is 1.72. The maximum Gasteiger partial charge on any atom is 0.319 e. The van der Waals surface area contributed by atoms with E-state index >= 15 is 0 Å². The van der Waals surface area contributed by atoms with Crippen molar-refractivity contribution in [2.24, 2.45) is 7.05 Å². The molecule has 0 radical (unpaired) electrons. The maximum absolute atomic E-state index is 12.3. The topological polar surface area (TPSA) is 66.4 Å². The van der Waals surface area contributed by atoms with Crippen molar-refractivity contribution in [2.75, 3.05) is 29.9 Å². The highest BCUT2D eigenvalue weighted by atomic mass is 16.2. The summed E-state index contributed by atoms with van der Waals surface area (Å²) in [5.74, 6) is 0. The first kappa shape index (κ1) is 19.5. The molecule has 0 fully saturated rings. The average molecular weight is 378 g/mol. The Kier molecular flexibility index (Phi) is 6.32. The van der Waals surface area contributed by atoms with Crippen LogP contribution in [-0.2, 0) is 7.05 Å². The number of nitrogens with zero attached hydrogens (tertiary/aromatic N) is 2. The van der Waals surface area contributed by atoms with Gasteiger partial charge in [-0.1, -0.05) is 36.4 Å². The smallest absolute Gasteiger partial charge is 0.319 e. The number of carbonyl (C=O) groups excluding carboxylic acids is 1. The lowest BCUT2D eigenvalue weighted by Gasteiger charge is -2.23. The van der Waals surface area contributed by atoms with Gasteiger partial charge in [0.1, 0.15) is 0 Å². The zero-order valence-electron chi connectivity index (χ0n) is 16.3. The van der Waals surface area contributed by atoms with Crippen molar-refractivity contribution in [3.8, 4) is 0 Å². The summed E-state index contributed by atoms with van der Waals surface area (Å²) in [4.78, 5) is 26.8. The van der Waals surface area contributed by atoms with E-state index in [0.29, 0.717) is 17.6 Å². The zero-order valence-corrected chi connectivity index (χ0v) is 16.3. The molecule has 0 saturated heterocycles. The van der Waals surface area contributed by atoms with E-state index in [1.165, 1.54) is 10.3 Å². The van der Waals surface area contributed by atoms with Gasteiger partial charge in [0, 0.05) is 49.3 Å². The highest BCUT2D eigenvalue weighted by molar-refractivity contribution is 6.00. The summed E-state index contributed by atoms with van der Waals surface area (Å²) < 4.78 is 1.48. The number of pyridine rings is 1. The van der Waals surface area contributed by atoms with Crippen molar-refractivity contribution in [3.63, 3.8) is 0 Å². The third kappa shape index (κ3) is 4.52. The minimum atomic E-state index is -0.272. The highest BCUT2D eigenvalue weighted by Gasteiger charge is 2.09. The van der Waals surface area contributed by atoms with Gasteiger partial charge in [-0.3, -0.25) is 4.79 Å². The molecule has 2 N–H and O–H groups in total. The van der Waals surface area contributed by atoms with Crippen molar-refractivity contribution in [3.05, 3.63) is 71.1 Å². The minimum Gasteiger partial charge on any atom is -0.372 e. The number of fused-ring (bicyclic) bond motifs is 1. The van der Waals surface area contributed by atoms with Crippen molar-refractivity contribution < 1.29 is 4.79 Å². The van der Waals surface area contributed by atoms with Gasteiger partial charge >= 0.3 is 6.03 Å². The van der Waals surface area contributed by atoms with Crippen LogP contribution in [0.1, 0.15) is 13.3 Å². The van der Waals surface area contributed by atoms with Crippen LogP contribution in [0.25, 0.3) is 10.8 Å². The normalized spacial score (nSPS) is 10.6. The number of anilines is 2. The van der Waals surface area contributed by atoms with Gasteiger partial charge in [0.15, 0.2) is 0 Å². The molecule has 6 nitrogen and oxygen atoms in total. The van der Waals surface area contributed by atoms with Crippen LogP contribution in [0.3, 0.4) is 0 Å². The molecule has 0 aliphatic rings. The number of amides is 2. The van der Waals surface area contributed by atoms with Crippen molar-refractivity contribution in [1.82, 2.24) is 9.88 Å². The molecule has 3 rings (SSSR count). The number of hydrogen-bond donors (Lipinski definition) is 2. The molecule has 0 saturated carbocycles. The lowest BCUT2D eigenvalue weighted by atomic mass is 10.1. The molecule has 0 bridgehead atoms. The fraction of sp³-hybridized carbons (Fsp3) is 0.273. The SMILES string of the molecule is CCN(CCCNC(=O)Nc1cn(C)c(=O)c2ccccc12)c1ccccc1. The van der Waals surface area contributed by atoms with E-state index in [2.05, 4.69) is 34.6 Å². The van der Waals surface area contributed by atoms with Crippen molar-refractivity contribution in [1.29, 1.82) is 0 Å². The minimum absolute atomic E-state index is 0.0814. The van der Waals surface area contributed by atoms with E-state index in [0.717, 1.165) is 24.9 Å². The van der Waals surface area contributed by atoms with E-state index < -0.39 is 0 Å².